The molecule has 0 saturated heterocycles. The molecular formula is C28H36N4O5S2. The van der Waals surface area contributed by atoms with Crippen LogP contribution in [0.15, 0.2) is 66.6 Å². The Morgan fingerprint density at radius 3 is 2.08 bits per heavy atom. The fraction of sp³-hybridized carbons (Fsp3) is 0.357. The largest absolute Gasteiger partial charge is 0.495 e. The van der Waals surface area contributed by atoms with Crippen molar-refractivity contribution in [3.63, 3.8) is 0 Å². The molecule has 0 radical (unpaired) electrons. The Balaban J connectivity index is 2.01. The highest BCUT2D eigenvalue weighted by atomic mass is 32.2. The Hall–Kier alpha value is -3.25. The summed E-state index contributed by atoms with van der Waals surface area (Å²) >= 11 is 1.35. The quantitative estimate of drug-likeness (QED) is 0.245. The number of ether oxygens (including phenoxy) is 2. The number of anilines is 1. The minimum atomic E-state index is -3.78. The highest BCUT2D eigenvalue weighted by Crippen LogP contribution is 2.40. The van der Waals surface area contributed by atoms with Gasteiger partial charge in [-0.1, -0.05) is 37.3 Å². The molecule has 1 amide bonds. The van der Waals surface area contributed by atoms with Crippen LogP contribution in [0.1, 0.15) is 24.2 Å². The molecule has 3 rings (SSSR count). The van der Waals surface area contributed by atoms with Gasteiger partial charge in [-0.2, -0.15) is 4.31 Å². The van der Waals surface area contributed by atoms with Crippen molar-refractivity contribution in [2.45, 2.75) is 18.7 Å². The molecule has 0 atom stereocenters. The molecule has 0 aliphatic carbocycles. The van der Waals surface area contributed by atoms with Gasteiger partial charge in [-0.05, 0) is 49.5 Å². The van der Waals surface area contributed by atoms with Gasteiger partial charge < -0.3 is 14.4 Å². The smallest absolute Gasteiger partial charge is 0.260 e. The van der Waals surface area contributed by atoms with Crippen molar-refractivity contribution in [3.8, 4) is 11.5 Å². The lowest BCUT2D eigenvalue weighted by Crippen LogP contribution is -2.39. The molecular weight excluding hydrogens is 536 g/mol. The van der Waals surface area contributed by atoms with Gasteiger partial charge in [0.1, 0.15) is 21.7 Å². The van der Waals surface area contributed by atoms with Gasteiger partial charge in [0.05, 0.1) is 19.1 Å². The fourth-order valence-corrected chi connectivity index (χ4v) is 6.57. The van der Waals surface area contributed by atoms with E-state index in [1.54, 1.807) is 25.2 Å². The predicted molar refractivity (Wildman–Crippen MR) is 158 cm³/mol. The van der Waals surface area contributed by atoms with Crippen LogP contribution in [0.2, 0.25) is 0 Å². The summed E-state index contributed by atoms with van der Waals surface area (Å²) < 4.78 is 39.3. The van der Waals surface area contributed by atoms with Crippen LogP contribution in [0.4, 0.5) is 5.13 Å². The van der Waals surface area contributed by atoms with Crippen LogP contribution in [0, 0.1) is 0 Å². The highest BCUT2D eigenvalue weighted by Gasteiger charge is 2.26. The summed E-state index contributed by atoms with van der Waals surface area (Å²) in [5.41, 5.74) is 0.967. The zero-order valence-electron chi connectivity index (χ0n) is 22.9. The lowest BCUT2D eigenvalue weighted by molar-refractivity contribution is 0.0983. The molecule has 0 aliphatic rings. The van der Waals surface area contributed by atoms with Crippen molar-refractivity contribution in [2.24, 2.45) is 0 Å². The summed E-state index contributed by atoms with van der Waals surface area (Å²) in [7, 11) is -0.618. The normalized spacial score (nSPS) is 11.6. The van der Waals surface area contributed by atoms with Gasteiger partial charge in [0, 0.05) is 31.7 Å². The number of carbonyl (C=O) groups is 1. The van der Waals surface area contributed by atoms with E-state index in [1.807, 2.05) is 6.07 Å². The first kappa shape index (κ1) is 30.3. The van der Waals surface area contributed by atoms with Crippen LogP contribution in [0.3, 0.4) is 0 Å². The molecule has 0 N–H and O–H groups in total. The second-order valence-corrected chi connectivity index (χ2v) is 11.5. The van der Waals surface area contributed by atoms with Crippen molar-refractivity contribution >= 4 is 42.6 Å². The zero-order valence-corrected chi connectivity index (χ0v) is 24.6. The third-order valence-corrected chi connectivity index (χ3v) is 9.25. The molecule has 9 nitrogen and oxygen atoms in total. The summed E-state index contributed by atoms with van der Waals surface area (Å²) in [6, 6.07) is 9.58. The van der Waals surface area contributed by atoms with E-state index in [1.165, 1.54) is 52.1 Å². The maximum atomic E-state index is 13.8. The van der Waals surface area contributed by atoms with Crippen molar-refractivity contribution < 1.29 is 22.7 Å². The number of hydrogen-bond donors (Lipinski definition) is 0. The maximum Gasteiger partial charge on any atom is 0.260 e. The van der Waals surface area contributed by atoms with Gasteiger partial charge in [-0.3, -0.25) is 9.69 Å². The van der Waals surface area contributed by atoms with E-state index in [-0.39, 0.29) is 23.9 Å². The molecule has 2 aromatic carbocycles. The van der Waals surface area contributed by atoms with E-state index in [0.717, 1.165) is 17.8 Å². The molecule has 0 unspecified atom stereocenters. The highest BCUT2D eigenvalue weighted by molar-refractivity contribution is 7.89. The van der Waals surface area contributed by atoms with Crippen LogP contribution >= 0.6 is 11.3 Å². The van der Waals surface area contributed by atoms with Crippen LogP contribution < -0.4 is 14.4 Å². The van der Waals surface area contributed by atoms with Crippen LogP contribution in [0.5, 0.6) is 11.5 Å². The molecule has 3 aromatic rings. The number of hydrogen-bond acceptors (Lipinski definition) is 8. The molecule has 1 aromatic heterocycles. The Labute approximate surface area is 235 Å². The molecule has 0 spiro atoms. The molecule has 11 heteroatoms. The molecule has 1 heterocycles. The van der Waals surface area contributed by atoms with Gasteiger partial charge in [0.2, 0.25) is 10.0 Å². The van der Waals surface area contributed by atoms with Crippen LogP contribution in [-0.2, 0) is 10.0 Å². The lowest BCUT2D eigenvalue weighted by atomic mass is 10.2. The number of aromatic nitrogens is 1. The molecule has 0 saturated carbocycles. The summed E-state index contributed by atoms with van der Waals surface area (Å²) in [4.78, 5) is 22.6. The molecule has 39 heavy (non-hydrogen) atoms. The number of fused-ring (bicyclic) bond motifs is 1. The Bertz CT molecular complexity index is 1350. The van der Waals surface area contributed by atoms with E-state index in [4.69, 9.17) is 14.5 Å². The average molecular weight is 573 g/mol. The topological polar surface area (TPSA) is 92.3 Å². The van der Waals surface area contributed by atoms with Crippen molar-refractivity contribution in [1.29, 1.82) is 0 Å². The molecule has 0 aliphatic heterocycles. The van der Waals surface area contributed by atoms with Crippen molar-refractivity contribution in [3.05, 3.63) is 67.3 Å². The Morgan fingerprint density at radius 1 is 0.949 bits per heavy atom. The molecule has 210 valence electrons. The number of amides is 1. The maximum absolute atomic E-state index is 13.8. The zero-order chi connectivity index (χ0) is 28.6. The number of carbonyl (C=O) groups excluding carboxylic acids is 1. The number of sulfonamides is 1. The van der Waals surface area contributed by atoms with Crippen LogP contribution in [-0.4, -0.2) is 82.0 Å². The number of benzene rings is 2. The standard InChI is InChI=1S/C28H36N4O5S2/c1-7-17-31(18-8-2)39(34,35)22-13-11-21(12-14-22)27(33)32(20-19-30(9-3)10-4)28-29-25-23(36-5)15-16-24(37-6)26(25)38-28/h7-8,11-16H,1-2,9-10,17-20H2,3-6H3. The van der Waals surface area contributed by atoms with E-state index < -0.39 is 10.0 Å². The predicted octanol–water partition coefficient (Wildman–Crippen LogP) is 4.66. The van der Waals surface area contributed by atoms with E-state index >= 15 is 0 Å². The number of likely N-dealkylation sites (N-methyl/N-ethyl adjacent to an activating group) is 1. The first-order valence-corrected chi connectivity index (χ1v) is 14.9. The third-order valence-electron chi connectivity index (χ3n) is 6.31. The Kier molecular flexibility index (Phi) is 10.6. The Morgan fingerprint density at radius 2 is 1.54 bits per heavy atom. The van der Waals surface area contributed by atoms with Crippen molar-refractivity contribution in [1.82, 2.24) is 14.2 Å². The molecule has 0 bridgehead atoms. The molecule has 0 fully saturated rings. The summed E-state index contributed by atoms with van der Waals surface area (Å²) in [6.07, 6.45) is 3.05. The monoisotopic (exact) mass is 572 g/mol. The summed E-state index contributed by atoms with van der Waals surface area (Å²) in [5.74, 6) is 0.948. The second kappa shape index (κ2) is 13.7. The SMILES string of the molecule is C=CCN(CC=C)S(=O)(=O)c1ccc(C(=O)N(CCN(CC)CC)c2nc3c(OC)ccc(OC)c3s2)cc1. The summed E-state index contributed by atoms with van der Waals surface area (Å²) in [5, 5.41) is 0.504. The van der Waals surface area contributed by atoms with Gasteiger partial charge >= 0.3 is 0 Å². The minimum absolute atomic E-state index is 0.0897. The number of rotatable bonds is 15. The first-order chi connectivity index (χ1) is 18.7. The van der Waals surface area contributed by atoms with E-state index in [9.17, 15) is 13.2 Å². The summed E-state index contributed by atoms with van der Waals surface area (Å²) in [6.45, 7) is 14.5. The van der Waals surface area contributed by atoms with Crippen molar-refractivity contribution in [2.75, 3.05) is 58.4 Å². The van der Waals surface area contributed by atoms with Crippen LogP contribution in [0.25, 0.3) is 10.2 Å². The second-order valence-electron chi connectivity index (χ2n) is 8.55. The average Bonchev–Trinajstić information content (AvgIpc) is 3.39. The van der Waals surface area contributed by atoms with E-state index in [2.05, 4.69) is 31.9 Å². The minimum Gasteiger partial charge on any atom is -0.495 e. The first-order valence-electron chi connectivity index (χ1n) is 12.6. The van der Waals surface area contributed by atoms with Gasteiger partial charge in [0.15, 0.2) is 5.13 Å². The number of methoxy groups -OCH3 is 2. The van der Waals surface area contributed by atoms with Gasteiger partial charge in [0.25, 0.3) is 5.91 Å². The number of thiazole rings is 1. The van der Waals surface area contributed by atoms with Gasteiger partial charge in [-0.25, -0.2) is 13.4 Å². The lowest BCUT2D eigenvalue weighted by Gasteiger charge is -2.25. The fourth-order valence-electron chi connectivity index (χ4n) is 4.09. The third kappa shape index (κ3) is 6.67. The number of nitrogens with zero attached hydrogens (tertiary/aromatic N) is 4. The van der Waals surface area contributed by atoms with Gasteiger partial charge in [-0.15, -0.1) is 13.2 Å². The van der Waals surface area contributed by atoms with E-state index in [0.29, 0.717) is 40.8 Å².